The third-order valence-electron chi connectivity index (χ3n) is 6.11. The van der Waals surface area contributed by atoms with Gasteiger partial charge in [0.1, 0.15) is 0 Å². The van der Waals surface area contributed by atoms with Crippen molar-refractivity contribution in [3.8, 4) is 5.69 Å². The topological polar surface area (TPSA) is 47.4 Å². The van der Waals surface area contributed by atoms with Crippen LogP contribution in [0, 0.1) is 0 Å². The molecular weight excluding hydrogens is 422 g/mol. The predicted molar refractivity (Wildman–Crippen MR) is 134 cm³/mol. The van der Waals surface area contributed by atoms with E-state index < -0.39 is 0 Å². The van der Waals surface area contributed by atoms with Gasteiger partial charge in [-0.2, -0.15) is 0 Å². The quantitative estimate of drug-likeness (QED) is 0.271. The first-order chi connectivity index (χ1) is 16.7. The highest BCUT2D eigenvalue weighted by Gasteiger charge is 2.29. The zero-order valence-electron chi connectivity index (χ0n) is 19.7. The molecule has 0 spiro atoms. The smallest absolute Gasteiger partial charge is 0.307 e. The van der Waals surface area contributed by atoms with Gasteiger partial charge in [0.2, 0.25) is 0 Å². The van der Waals surface area contributed by atoms with Gasteiger partial charge in [0.05, 0.1) is 19.4 Å². The molecule has 1 heterocycles. The van der Waals surface area contributed by atoms with Crippen LogP contribution in [0.4, 0.5) is 0 Å². The van der Waals surface area contributed by atoms with E-state index in [4.69, 9.17) is 4.74 Å². The van der Waals surface area contributed by atoms with Gasteiger partial charge in [-0.1, -0.05) is 72.8 Å². The van der Waals surface area contributed by atoms with E-state index in [9.17, 15) is 4.79 Å². The molecular formula is C29H31N3O2. The fourth-order valence-electron chi connectivity index (χ4n) is 4.34. The summed E-state index contributed by atoms with van der Waals surface area (Å²) in [4.78, 5) is 19.4. The van der Waals surface area contributed by atoms with Gasteiger partial charge in [-0.25, -0.2) is 4.98 Å². The number of aromatic nitrogens is 2. The molecule has 2 atom stereocenters. The number of carbonyl (C=O) groups excluding carboxylic acids is 1. The van der Waals surface area contributed by atoms with E-state index in [1.807, 2.05) is 35.9 Å². The number of hydrogen-bond acceptors (Lipinski definition) is 4. The molecule has 0 aliphatic heterocycles. The summed E-state index contributed by atoms with van der Waals surface area (Å²) in [7, 11) is 0. The molecule has 4 rings (SSSR count). The third kappa shape index (κ3) is 5.80. The highest BCUT2D eigenvalue weighted by atomic mass is 16.5. The van der Waals surface area contributed by atoms with Gasteiger partial charge in [0, 0.05) is 36.7 Å². The Labute approximate surface area is 201 Å². The maximum absolute atomic E-state index is 12.8. The Balaban J connectivity index is 1.77. The molecule has 0 aliphatic carbocycles. The SMILES string of the molecule is CCOC(=O)C[C@@H](c1cccc(-n2ccnc2)c1)N(Cc1ccccc1)[C@H](C)c1ccccc1. The van der Waals surface area contributed by atoms with Crippen molar-refractivity contribution < 1.29 is 9.53 Å². The summed E-state index contributed by atoms with van der Waals surface area (Å²) in [5, 5.41) is 0. The highest BCUT2D eigenvalue weighted by molar-refractivity contribution is 5.70. The van der Waals surface area contributed by atoms with Crippen LogP contribution in [-0.4, -0.2) is 27.0 Å². The summed E-state index contributed by atoms with van der Waals surface area (Å²) >= 11 is 0. The van der Waals surface area contributed by atoms with Crippen molar-refractivity contribution in [2.24, 2.45) is 0 Å². The number of ether oxygens (including phenoxy) is 1. The zero-order chi connectivity index (χ0) is 23.8. The number of nitrogens with zero attached hydrogens (tertiary/aromatic N) is 3. The minimum absolute atomic E-state index is 0.0812. The number of hydrogen-bond donors (Lipinski definition) is 0. The van der Waals surface area contributed by atoms with Crippen LogP contribution in [-0.2, 0) is 16.1 Å². The number of carbonyl (C=O) groups is 1. The van der Waals surface area contributed by atoms with Crippen molar-refractivity contribution >= 4 is 5.97 Å². The summed E-state index contributed by atoms with van der Waals surface area (Å²) in [6.45, 7) is 5.13. The molecule has 1 aromatic heterocycles. The third-order valence-corrected chi connectivity index (χ3v) is 6.11. The van der Waals surface area contributed by atoms with Crippen molar-refractivity contribution in [1.82, 2.24) is 14.5 Å². The normalized spacial score (nSPS) is 12.9. The van der Waals surface area contributed by atoms with Gasteiger partial charge in [0.15, 0.2) is 0 Å². The van der Waals surface area contributed by atoms with Gasteiger partial charge >= 0.3 is 5.97 Å². The molecule has 4 aromatic rings. The molecule has 0 saturated carbocycles. The van der Waals surface area contributed by atoms with Crippen LogP contribution < -0.4 is 0 Å². The van der Waals surface area contributed by atoms with E-state index in [2.05, 4.69) is 83.5 Å². The summed E-state index contributed by atoms with van der Waals surface area (Å²) in [6, 6.07) is 29.1. The van der Waals surface area contributed by atoms with Gasteiger partial charge in [-0.15, -0.1) is 0 Å². The molecule has 174 valence electrons. The van der Waals surface area contributed by atoms with Crippen molar-refractivity contribution in [1.29, 1.82) is 0 Å². The Kier molecular flexibility index (Phi) is 7.89. The van der Waals surface area contributed by atoms with Crippen molar-refractivity contribution in [2.45, 2.75) is 38.9 Å². The number of esters is 1. The molecule has 0 bridgehead atoms. The van der Waals surface area contributed by atoms with Crippen molar-refractivity contribution in [3.63, 3.8) is 0 Å². The maximum Gasteiger partial charge on any atom is 0.307 e. The number of benzene rings is 3. The lowest BCUT2D eigenvalue weighted by Crippen LogP contribution is -2.33. The number of rotatable bonds is 10. The monoisotopic (exact) mass is 453 g/mol. The zero-order valence-corrected chi connectivity index (χ0v) is 19.7. The molecule has 0 fully saturated rings. The lowest BCUT2D eigenvalue weighted by molar-refractivity contribution is -0.145. The Morgan fingerprint density at radius 3 is 2.35 bits per heavy atom. The van der Waals surface area contributed by atoms with Gasteiger partial charge in [-0.05, 0) is 42.7 Å². The Morgan fingerprint density at radius 2 is 1.68 bits per heavy atom. The summed E-state index contributed by atoms with van der Waals surface area (Å²) in [5.74, 6) is -0.196. The van der Waals surface area contributed by atoms with Crippen LogP contribution in [0.1, 0.15) is 49.0 Å². The maximum atomic E-state index is 12.8. The lowest BCUT2D eigenvalue weighted by atomic mass is 9.96. The van der Waals surface area contributed by atoms with Gasteiger partial charge in [-0.3, -0.25) is 9.69 Å². The average Bonchev–Trinajstić information content (AvgIpc) is 3.42. The summed E-state index contributed by atoms with van der Waals surface area (Å²) in [5.41, 5.74) is 4.48. The molecule has 5 heteroatoms. The molecule has 0 amide bonds. The summed E-state index contributed by atoms with van der Waals surface area (Å²) < 4.78 is 7.38. The first-order valence-corrected chi connectivity index (χ1v) is 11.7. The van der Waals surface area contributed by atoms with E-state index in [1.165, 1.54) is 11.1 Å². The molecule has 0 radical (unpaired) electrons. The van der Waals surface area contributed by atoms with Crippen LogP contribution in [0.25, 0.3) is 5.69 Å². The second-order valence-corrected chi connectivity index (χ2v) is 8.33. The average molecular weight is 454 g/mol. The first-order valence-electron chi connectivity index (χ1n) is 11.7. The fourth-order valence-corrected chi connectivity index (χ4v) is 4.34. The van der Waals surface area contributed by atoms with Crippen LogP contribution >= 0.6 is 0 Å². The highest BCUT2D eigenvalue weighted by Crippen LogP contribution is 2.35. The van der Waals surface area contributed by atoms with Crippen molar-refractivity contribution in [3.05, 3.63) is 120 Å². The van der Waals surface area contributed by atoms with Crippen LogP contribution in [0.3, 0.4) is 0 Å². The second-order valence-electron chi connectivity index (χ2n) is 8.33. The van der Waals surface area contributed by atoms with E-state index in [1.54, 1.807) is 12.5 Å². The Morgan fingerprint density at radius 1 is 0.971 bits per heavy atom. The van der Waals surface area contributed by atoms with Gasteiger partial charge < -0.3 is 9.30 Å². The van der Waals surface area contributed by atoms with E-state index in [0.717, 1.165) is 11.3 Å². The molecule has 3 aromatic carbocycles. The van der Waals surface area contributed by atoms with Crippen molar-refractivity contribution in [2.75, 3.05) is 6.61 Å². The second kappa shape index (κ2) is 11.4. The summed E-state index contributed by atoms with van der Waals surface area (Å²) in [6.07, 6.45) is 5.74. The van der Waals surface area contributed by atoms with Crippen LogP contribution in [0.15, 0.2) is 104 Å². The largest absolute Gasteiger partial charge is 0.466 e. The molecule has 0 aliphatic rings. The molecule has 0 unspecified atom stereocenters. The molecule has 0 N–H and O–H groups in total. The van der Waals surface area contributed by atoms with Gasteiger partial charge in [0.25, 0.3) is 0 Å². The van der Waals surface area contributed by atoms with E-state index in [-0.39, 0.29) is 24.5 Å². The minimum Gasteiger partial charge on any atom is -0.466 e. The predicted octanol–water partition coefficient (Wildman–Crippen LogP) is 6.13. The lowest BCUT2D eigenvalue weighted by Gasteiger charge is -2.37. The van der Waals surface area contributed by atoms with Crippen LogP contribution in [0.5, 0.6) is 0 Å². The minimum atomic E-state index is -0.196. The van der Waals surface area contributed by atoms with E-state index >= 15 is 0 Å². The molecule has 0 saturated heterocycles. The Bertz CT molecular complexity index is 1160. The fraction of sp³-hybridized carbons (Fsp3) is 0.241. The van der Waals surface area contributed by atoms with E-state index in [0.29, 0.717) is 13.2 Å². The molecule has 34 heavy (non-hydrogen) atoms. The number of imidazole rings is 1. The molecule has 5 nitrogen and oxygen atoms in total. The first kappa shape index (κ1) is 23.5. The Hall–Kier alpha value is -3.70. The van der Waals surface area contributed by atoms with Crippen LogP contribution in [0.2, 0.25) is 0 Å². The standard InChI is InChI=1S/C29H31N3O2/c1-3-34-29(33)20-28(26-15-10-16-27(19-26)31-18-17-30-22-31)32(21-24-11-6-4-7-12-24)23(2)25-13-8-5-9-14-25/h4-19,22-23,28H,3,20-21H2,1-2H3/t23-,28+/m1/s1.